The first-order valence-corrected chi connectivity index (χ1v) is 15.1. The van der Waals surface area contributed by atoms with Gasteiger partial charge >= 0.3 is 0 Å². The lowest BCUT2D eigenvalue weighted by molar-refractivity contribution is -0.140. The molecular formula is C33H34FN3O4S. The number of rotatable bonds is 12. The largest absolute Gasteiger partial charge is 0.355 e. The first kappa shape index (κ1) is 30.5. The highest BCUT2D eigenvalue weighted by Gasteiger charge is 2.34. The predicted molar refractivity (Wildman–Crippen MR) is 162 cm³/mol. The second kappa shape index (κ2) is 13.9. The van der Waals surface area contributed by atoms with Crippen LogP contribution in [0.5, 0.6) is 0 Å². The molecule has 0 saturated heterocycles. The van der Waals surface area contributed by atoms with E-state index >= 15 is 0 Å². The van der Waals surface area contributed by atoms with E-state index in [1.54, 1.807) is 67.6 Å². The average molecular weight is 588 g/mol. The van der Waals surface area contributed by atoms with E-state index in [1.165, 1.54) is 23.1 Å². The van der Waals surface area contributed by atoms with Crippen molar-refractivity contribution in [3.05, 3.63) is 132 Å². The van der Waals surface area contributed by atoms with Gasteiger partial charge in [0, 0.05) is 25.1 Å². The number of halogens is 1. The van der Waals surface area contributed by atoms with Crippen molar-refractivity contribution in [2.24, 2.45) is 0 Å². The van der Waals surface area contributed by atoms with E-state index in [9.17, 15) is 22.4 Å². The van der Waals surface area contributed by atoms with Crippen molar-refractivity contribution in [2.45, 2.75) is 37.8 Å². The molecule has 0 unspecified atom stereocenters. The maximum atomic E-state index is 14.9. The Bertz CT molecular complexity index is 1600. The van der Waals surface area contributed by atoms with E-state index in [0.29, 0.717) is 12.2 Å². The molecule has 0 heterocycles. The molecule has 0 bridgehead atoms. The summed E-state index contributed by atoms with van der Waals surface area (Å²) in [6.45, 7) is 3.14. The Kier molecular flexibility index (Phi) is 10.1. The lowest BCUT2D eigenvalue weighted by atomic mass is 10.0. The monoisotopic (exact) mass is 587 g/mol. The third kappa shape index (κ3) is 7.41. The highest BCUT2D eigenvalue weighted by atomic mass is 32.2. The first-order valence-electron chi connectivity index (χ1n) is 13.7. The summed E-state index contributed by atoms with van der Waals surface area (Å²) in [4.78, 5) is 29.0. The molecule has 0 fully saturated rings. The second-order valence-electron chi connectivity index (χ2n) is 9.87. The number of anilines is 1. The lowest BCUT2D eigenvalue weighted by Crippen LogP contribution is -2.53. The van der Waals surface area contributed by atoms with Gasteiger partial charge in [0.2, 0.25) is 11.8 Å². The molecule has 0 aliphatic heterocycles. The molecule has 0 aromatic heterocycles. The Morgan fingerprint density at radius 3 is 2.05 bits per heavy atom. The smallest absolute Gasteiger partial charge is 0.264 e. The number of nitrogens with zero attached hydrogens (tertiary/aromatic N) is 2. The molecule has 0 radical (unpaired) electrons. The fraction of sp³-hybridized carbons (Fsp3) is 0.212. The fourth-order valence-corrected chi connectivity index (χ4v) is 6.05. The molecular weight excluding hydrogens is 553 g/mol. The number of carbonyl (C=O) groups is 2. The summed E-state index contributed by atoms with van der Waals surface area (Å²) in [5.74, 6) is -1.60. The van der Waals surface area contributed by atoms with Crippen LogP contribution >= 0.6 is 0 Å². The summed E-state index contributed by atoms with van der Waals surface area (Å²) in [5.41, 5.74) is 2.22. The van der Waals surface area contributed by atoms with E-state index in [4.69, 9.17) is 0 Å². The molecule has 1 N–H and O–H groups in total. The molecule has 218 valence electrons. The Hall–Kier alpha value is -4.50. The van der Waals surface area contributed by atoms with Gasteiger partial charge in [-0.15, -0.1) is 0 Å². The zero-order valence-corrected chi connectivity index (χ0v) is 24.4. The lowest BCUT2D eigenvalue weighted by Gasteiger charge is -2.34. The van der Waals surface area contributed by atoms with Crippen LogP contribution in [-0.2, 0) is 32.6 Å². The zero-order valence-electron chi connectivity index (χ0n) is 23.6. The number of carbonyl (C=O) groups excluding carboxylic acids is 2. The van der Waals surface area contributed by atoms with Crippen LogP contribution in [0, 0.1) is 12.7 Å². The van der Waals surface area contributed by atoms with E-state index in [-0.39, 0.29) is 23.4 Å². The Morgan fingerprint density at radius 2 is 1.43 bits per heavy atom. The van der Waals surface area contributed by atoms with Crippen molar-refractivity contribution in [3.63, 3.8) is 0 Å². The van der Waals surface area contributed by atoms with E-state index in [0.717, 1.165) is 15.4 Å². The van der Waals surface area contributed by atoms with Crippen molar-refractivity contribution in [1.29, 1.82) is 0 Å². The van der Waals surface area contributed by atoms with E-state index in [1.807, 2.05) is 37.3 Å². The topological polar surface area (TPSA) is 86.8 Å². The molecule has 0 aliphatic carbocycles. The SMILES string of the molecule is CCNC(=O)[C@H](Cc1ccccc1)N(Cc1ccccc1F)C(=O)CN(c1ccc(C)cc1)S(=O)(=O)c1ccccc1. The van der Waals surface area contributed by atoms with E-state index < -0.39 is 40.2 Å². The minimum absolute atomic E-state index is 0.0172. The van der Waals surface area contributed by atoms with Crippen LogP contribution in [0.2, 0.25) is 0 Å². The Balaban J connectivity index is 1.79. The molecule has 1 atom stereocenters. The Labute approximate surface area is 246 Å². The summed E-state index contributed by atoms with van der Waals surface area (Å²) in [6, 6.07) is 28.8. The zero-order chi connectivity index (χ0) is 30.1. The van der Waals surface area contributed by atoms with Crippen LogP contribution in [-0.4, -0.2) is 44.3 Å². The Morgan fingerprint density at radius 1 is 0.833 bits per heavy atom. The molecule has 4 aromatic rings. The summed E-state index contributed by atoms with van der Waals surface area (Å²) in [7, 11) is -4.18. The summed E-state index contributed by atoms with van der Waals surface area (Å²) in [6.07, 6.45) is 0.156. The van der Waals surface area contributed by atoms with Crippen molar-refractivity contribution < 1.29 is 22.4 Å². The van der Waals surface area contributed by atoms with Gasteiger partial charge in [0.25, 0.3) is 10.0 Å². The van der Waals surface area contributed by atoms with Gasteiger partial charge < -0.3 is 10.2 Å². The van der Waals surface area contributed by atoms with Crippen LogP contribution in [0.25, 0.3) is 0 Å². The van der Waals surface area contributed by atoms with Gasteiger partial charge in [-0.1, -0.05) is 84.4 Å². The van der Waals surface area contributed by atoms with Crippen LogP contribution in [0.3, 0.4) is 0 Å². The first-order chi connectivity index (χ1) is 20.2. The normalized spacial score (nSPS) is 11.9. The number of likely N-dealkylation sites (N-methyl/N-ethyl adjacent to an activating group) is 1. The molecule has 7 nitrogen and oxygen atoms in total. The van der Waals surface area contributed by atoms with Crippen molar-refractivity contribution in [3.8, 4) is 0 Å². The van der Waals surface area contributed by atoms with E-state index in [2.05, 4.69) is 5.32 Å². The van der Waals surface area contributed by atoms with Crippen molar-refractivity contribution >= 4 is 27.5 Å². The number of amides is 2. The van der Waals surface area contributed by atoms with Gasteiger partial charge in [-0.05, 0) is 49.7 Å². The molecule has 0 spiro atoms. The van der Waals surface area contributed by atoms with Crippen LogP contribution in [0.4, 0.5) is 10.1 Å². The van der Waals surface area contributed by atoms with Crippen LogP contribution < -0.4 is 9.62 Å². The predicted octanol–water partition coefficient (Wildman–Crippen LogP) is 5.11. The maximum absolute atomic E-state index is 14.9. The molecule has 9 heteroatoms. The highest BCUT2D eigenvalue weighted by molar-refractivity contribution is 7.92. The molecule has 0 saturated carbocycles. The number of sulfonamides is 1. The molecule has 0 aliphatic rings. The number of nitrogens with one attached hydrogen (secondary N) is 1. The van der Waals surface area contributed by atoms with Gasteiger partial charge in [-0.3, -0.25) is 13.9 Å². The third-order valence-corrected chi connectivity index (χ3v) is 8.64. The maximum Gasteiger partial charge on any atom is 0.264 e. The minimum Gasteiger partial charge on any atom is -0.355 e. The van der Waals surface area contributed by atoms with Crippen LogP contribution in [0.1, 0.15) is 23.6 Å². The summed E-state index contributed by atoms with van der Waals surface area (Å²) >= 11 is 0. The molecule has 4 rings (SSSR count). The quantitative estimate of drug-likeness (QED) is 0.250. The molecule has 4 aromatic carbocycles. The average Bonchev–Trinajstić information content (AvgIpc) is 3.00. The number of benzene rings is 4. The molecule has 2 amide bonds. The second-order valence-corrected chi connectivity index (χ2v) is 11.7. The van der Waals surface area contributed by atoms with Gasteiger partial charge in [-0.25, -0.2) is 12.8 Å². The molecule has 42 heavy (non-hydrogen) atoms. The standard InChI is InChI=1S/C33H34FN3O4S/c1-3-35-33(39)31(22-26-12-6-4-7-13-26)36(23-27-14-10-11-17-30(27)34)32(38)24-37(28-20-18-25(2)19-21-28)42(40,41)29-15-8-5-9-16-29/h4-21,31H,3,22-24H2,1-2H3,(H,35,39)/t31-/m0/s1. The van der Waals surface area contributed by atoms with Crippen molar-refractivity contribution in [2.75, 3.05) is 17.4 Å². The number of aryl methyl sites for hydroxylation is 1. The summed E-state index contributed by atoms with van der Waals surface area (Å²) < 4.78 is 43.7. The van der Waals surface area contributed by atoms with Gasteiger partial charge in [-0.2, -0.15) is 0 Å². The van der Waals surface area contributed by atoms with Crippen molar-refractivity contribution in [1.82, 2.24) is 10.2 Å². The number of hydrogen-bond donors (Lipinski definition) is 1. The number of hydrogen-bond acceptors (Lipinski definition) is 4. The fourth-order valence-electron chi connectivity index (χ4n) is 4.62. The highest BCUT2D eigenvalue weighted by Crippen LogP contribution is 2.25. The van der Waals surface area contributed by atoms with Gasteiger partial charge in [0.05, 0.1) is 10.6 Å². The third-order valence-electron chi connectivity index (χ3n) is 6.85. The van der Waals surface area contributed by atoms with Gasteiger partial charge in [0.1, 0.15) is 18.4 Å². The van der Waals surface area contributed by atoms with Crippen LogP contribution in [0.15, 0.2) is 114 Å². The summed E-state index contributed by atoms with van der Waals surface area (Å²) in [5, 5.41) is 2.79. The minimum atomic E-state index is -4.18. The van der Waals surface area contributed by atoms with Gasteiger partial charge in [0.15, 0.2) is 0 Å².